The Morgan fingerprint density at radius 2 is 1.90 bits per heavy atom. The van der Waals surface area contributed by atoms with Crippen molar-refractivity contribution in [3.8, 4) is 0 Å². The van der Waals surface area contributed by atoms with E-state index in [9.17, 15) is 13.2 Å². The zero-order valence-corrected chi connectivity index (χ0v) is 12.8. The molecule has 1 aromatic heterocycles. The molecule has 118 valence electrons. The first-order chi connectivity index (χ1) is 9.73. The summed E-state index contributed by atoms with van der Waals surface area (Å²) in [7, 11) is 1.72. The van der Waals surface area contributed by atoms with E-state index in [0.29, 0.717) is 23.0 Å². The number of nitrogens with zero attached hydrogens (tertiary/aromatic N) is 3. The number of nitrogens with one attached hydrogen (secondary N) is 1. The van der Waals surface area contributed by atoms with E-state index in [-0.39, 0.29) is 12.0 Å². The molecule has 2 rings (SSSR count). The third-order valence-electron chi connectivity index (χ3n) is 3.50. The summed E-state index contributed by atoms with van der Waals surface area (Å²) in [5.74, 6) is 1.62. The van der Waals surface area contributed by atoms with Crippen LogP contribution in [0.15, 0.2) is 0 Å². The van der Waals surface area contributed by atoms with E-state index in [1.165, 1.54) is 4.90 Å². The fraction of sp³-hybridized carbons (Fsp3) is 0.714. The minimum Gasteiger partial charge on any atom is -0.373 e. The Kier molecular flexibility index (Phi) is 4.30. The number of anilines is 2. The molecule has 1 N–H and O–H groups in total. The maximum absolute atomic E-state index is 12.9. The molecule has 1 aromatic rings. The Hall–Kier alpha value is -1.53. The lowest BCUT2D eigenvalue weighted by atomic mass is 10.2. The second-order valence-electron chi connectivity index (χ2n) is 5.76. The van der Waals surface area contributed by atoms with Gasteiger partial charge in [0.2, 0.25) is 0 Å². The van der Waals surface area contributed by atoms with Gasteiger partial charge >= 0.3 is 6.18 Å². The van der Waals surface area contributed by atoms with Gasteiger partial charge in [0.05, 0.1) is 0 Å². The van der Waals surface area contributed by atoms with Crippen LogP contribution in [0.4, 0.5) is 24.8 Å². The zero-order valence-electron chi connectivity index (χ0n) is 12.8. The van der Waals surface area contributed by atoms with E-state index in [1.54, 1.807) is 14.0 Å². The Morgan fingerprint density at radius 3 is 2.33 bits per heavy atom. The molecule has 0 aliphatic heterocycles. The van der Waals surface area contributed by atoms with E-state index < -0.39 is 12.7 Å². The molecule has 7 heteroatoms. The number of hydrogen-bond acceptors (Lipinski definition) is 4. The normalized spacial score (nSPS) is 15.4. The summed E-state index contributed by atoms with van der Waals surface area (Å²) in [5, 5.41) is 2.95. The zero-order chi connectivity index (χ0) is 15.8. The van der Waals surface area contributed by atoms with Crippen LogP contribution >= 0.6 is 0 Å². The predicted molar refractivity (Wildman–Crippen MR) is 76.8 cm³/mol. The van der Waals surface area contributed by atoms with Crippen molar-refractivity contribution in [2.24, 2.45) is 0 Å². The second kappa shape index (κ2) is 5.69. The lowest BCUT2D eigenvalue weighted by molar-refractivity contribution is -0.120. The highest BCUT2D eigenvalue weighted by molar-refractivity contribution is 5.59. The molecule has 1 saturated carbocycles. The highest BCUT2D eigenvalue weighted by Crippen LogP contribution is 2.36. The number of rotatable bonds is 5. The molecule has 1 aliphatic rings. The van der Waals surface area contributed by atoms with Gasteiger partial charge in [0, 0.05) is 24.6 Å². The van der Waals surface area contributed by atoms with Crippen LogP contribution in [0, 0.1) is 6.92 Å². The summed E-state index contributed by atoms with van der Waals surface area (Å²) < 4.78 is 38.6. The van der Waals surface area contributed by atoms with E-state index in [0.717, 1.165) is 12.8 Å². The molecule has 0 saturated heterocycles. The molecule has 0 unspecified atom stereocenters. The molecule has 21 heavy (non-hydrogen) atoms. The lowest BCUT2D eigenvalue weighted by Crippen LogP contribution is -2.37. The fourth-order valence-corrected chi connectivity index (χ4v) is 2.26. The molecule has 0 radical (unpaired) electrons. The molecule has 1 heterocycles. The molecule has 4 nitrogen and oxygen atoms in total. The molecule has 0 aromatic carbocycles. The average molecular weight is 302 g/mol. The Balaban J connectivity index is 2.45. The molecular formula is C14H21F3N4. The third-order valence-corrected chi connectivity index (χ3v) is 3.50. The quantitative estimate of drug-likeness (QED) is 0.904. The van der Waals surface area contributed by atoms with Crippen molar-refractivity contribution in [1.29, 1.82) is 0 Å². The first-order valence-electron chi connectivity index (χ1n) is 7.12. The van der Waals surface area contributed by atoms with E-state index in [4.69, 9.17) is 0 Å². The predicted octanol–water partition coefficient (Wildman–Crippen LogP) is 3.48. The Labute approximate surface area is 122 Å². The van der Waals surface area contributed by atoms with Gasteiger partial charge in [0.15, 0.2) is 0 Å². The van der Waals surface area contributed by atoms with Gasteiger partial charge in [-0.2, -0.15) is 13.2 Å². The molecule has 0 spiro atoms. The van der Waals surface area contributed by atoms with Crippen molar-refractivity contribution in [3.05, 3.63) is 11.4 Å². The van der Waals surface area contributed by atoms with Gasteiger partial charge in [-0.3, -0.25) is 0 Å². The second-order valence-corrected chi connectivity index (χ2v) is 5.76. The first kappa shape index (κ1) is 15.9. The van der Waals surface area contributed by atoms with Crippen molar-refractivity contribution >= 4 is 11.6 Å². The highest BCUT2D eigenvalue weighted by atomic mass is 19.4. The van der Waals surface area contributed by atoms with Gasteiger partial charge in [-0.1, -0.05) is 13.8 Å². The van der Waals surface area contributed by atoms with Gasteiger partial charge in [0.25, 0.3) is 0 Å². The fourth-order valence-electron chi connectivity index (χ4n) is 2.26. The van der Waals surface area contributed by atoms with Crippen molar-refractivity contribution < 1.29 is 13.2 Å². The van der Waals surface area contributed by atoms with Crippen molar-refractivity contribution in [2.75, 3.05) is 23.8 Å². The van der Waals surface area contributed by atoms with Crippen LogP contribution in [0.3, 0.4) is 0 Å². The first-order valence-corrected chi connectivity index (χ1v) is 7.12. The SMILES string of the molecule is CNc1nc(C(C)C)nc(N(CC(F)(F)F)C2CC2)c1C. The third kappa shape index (κ3) is 3.77. The van der Waals surface area contributed by atoms with Crippen LogP contribution < -0.4 is 10.2 Å². The van der Waals surface area contributed by atoms with Gasteiger partial charge in [0.1, 0.15) is 24.0 Å². The Morgan fingerprint density at radius 1 is 1.29 bits per heavy atom. The summed E-state index contributed by atoms with van der Waals surface area (Å²) in [6, 6.07) is -0.0649. The largest absolute Gasteiger partial charge is 0.405 e. The maximum Gasteiger partial charge on any atom is 0.405 e. The van der Waals surface area contributed by atoms with Crippen LogP contribution in [0.5, 0.6) is 0 Å². The molecule has 1 fully saturated rings. The molecular weight excluding hydrogens is 281 g/mol. The monoisotopic (exact) mass is 302 g/mol. The number of halogens is 3. The van der Waals surface area contributed by atoms with Crippen LogP contribution in [0.1, 0.15) is 44.0 Å². The van der Waals surface area contributed by atoms with E-state index in [1.807, 2.05) is 13.8 Å². The van der Waals surface area contributed by atoms with Crippen LogP contribution in [0.2, 0.25) is 0 Å². The van der Waals surface area contributed by atoms with E-state index >= 15 is 0 Å². The highest BCUT2D eigenvalue weighted by Gasteiger charge is 2.39. The van der Waals surface area contributed by atoms with Crippen molar-refractivity contribution in [1.82, 2.24) is 9.97 Å². The molecule has 0 bridgehead atoms. The van der Waals surface area contributed by atoms with Crippen molar-refractivity contribution in [2.45, 2.75) is 51.7 Å². The summed E-state index contributed by atoms with van der Waals surface area (Å²) in [5.41, 5.74) is 0.665. The molecule has 1 aliphatic carbocycles. The number of alkyl halides is 3. The minimum absolute atomic E-state index is 0.0587. The van der Waals surface area contributed by atoms with Crippen molar-refractivity contribution in [3.63, 3.8) is 0 Å². The summed E-state index contributed by atoms with van der Waals surface area (Å²) >= 11 is 0. The summed E-state index contributed by atoms with van der Waals surface area (Å²) in [6.07, 6.45) is -2.67. The number of hydrogen-bond donors (Lipinski definition) is 1. The number of aromatic nitrogens is 2. The molecule has 0 atom stereocenters. The maximum atomic E-state index is 12.9. The van der Waals surface area contributed by atoms with Crippen LogP contribution in [-0.2, 0) is 0 Å². The average Bonchev–Trinajstić information content (AvgIpc) is 3.19. The summed E-state index contributed by atoms with van der Waals surface area (Å²) in [6.45, 7) is 4.66. The minimum atomic E-state index is -4.24. The van der Waals surface area contributed by atoms with Crippen LogP contribution in [0.25, 0.3) is 0 Å². The topological polar surface area (TPSA) is 41.1 Å². The van der Waals surface area contributed by atoms with Gasteiger partial charge < -0.3 is 10.2 Å². The van der Waals surface area contributed by atoms with E-state index in [2.05, 4.69) is 15.3 Å². The lowest BCUT2D eigenvalue weighted by Gasteiger charge is -2.27. The standard InChI is InChI=1S/C14H21F3N4/c1-8(2)11-19-12(18-4)9(3)13(20-11)21(10-5-6-10)7-14(15,16)17/h8,10H,5-7H2,1-4H3,(H,18,19,20). The smallest absolute Gasteiger partial charge is 0.373 e. The van der Waals surface area contributed by atoms with Gasteiger partial charge in [-0.05, 0) is 19.8 Å². The van der Waals surface area contributed by atoms with Crippen LogP contribution in [-0.4, -0.2) is 35.8 Å². The summed E-state index contributed by atoms with van der Waals surface area (Å²) in [4.78, 5) is 10.2. The van der Waals surface area contributed by atoms with Gasteiger partial charge in [-0.15, -0.1) is 0 Å². The molecule has 0 amide bonds. The van der Waals surface area contributed by atoms with Gasteiger partial charge in [-0.25, -0.2) is 9.97 Å². The Bertz CT molecular complexity index is 510.